The SMILES string of the molecule is CCCC1(C(=O)NCC(OC)C(=O)O)CCNC1. The lowest BCUT2D eigenvalue weighted by atomic mass is 9.81. The molecule has 0 saturated carbocycles. The molecule has 0 aromatic rings. The van der Waals surface area contributed by atoms with Crippen LogP contribution in [-0.2, 0) is 14.3 Å². The van der Waals surface area contributed by atoms with E-state index in [4.69, 9.17) is 9.84 Å². The van der Waals surface area contributed by atoms with Gasteiger partial charge in [0.05, 0.1) is 12.0 Å². The van der Waals surface area contributed by atoms with Gasteiger partial charge in [-0.2, -0.15) is 0 Å². The van der Waals surface area contributed by atoms with E-state index in [0.717, 1.165) is 25.8 Å². The van der Waals surface area contributed by atoms with Crippen LogP contribution in [0.5, 0.6) is 0 Å². The molecule has 2 atom stereocenters. The summed E-state index contributed by atoms with van der Waals surface area (Å²) in [7, 11) is 1.32. The average Bonchev–Trinajstić information content (AvgIpc) is 2.79. The van der Waals surface area contributed by atoms with Gasteiger partial charge < -0.3 is 20.5 Å². The minimum atomic E-state index is -1.06. The summed E-state index contributed by atoms with van der Waals surface area (Å²) in [5.74, 6) is -1.13. The molecule has 0 bridgehead atoms. The monoisotopic (exact) mass is 258 g/mol. The van der Waals surface area contributed by atoms with Gasteiger partial charge in [0.15, 0.2) is 6.10 Å². The van der Waals surface area contributed by atoms with Crippen LogP contribution in [0.4, 0.5) is 0 Å². The van der Waals surface area contributed by atoms with Gasteiger partial charge in [0, 0.05) is 13.7 Å². The first kappa shape index (κ1) is 14.9. The molecule has 1 saturated heterocycles. The first-order chi connectivity index (χ1) is 8.55. The van der Waals surface area contributed by atoms with Gasteiger partial charge >= 0.3 is 5.97 Å². The van der Waals surface area contributed by atoms with E-state index < -0.39 is 12.1 Å². The van der Waals surface area contributed by atoms with Gasteiger partial charge in [-0.3, -0.25) is 4.79 Å². The van der Waals surface area contributed by atoms with Crippen LogP contribution < -0.4 is 10.6 Å². The van der Waals surface area contributed by atoms with Crippen LogP contribution in [0.15, 0.2) is 0 Å². The standard InChI is InChI=1S/C12H22N2O4/c1-3-4-12(5-6-13-8-12)11(17)14-7-9(18-2)10(15)16/h9,13H,3-8H2,1-2H3,(H,14,17)(H,15,16). The summed E-state index contributed by atoms with van der Waals surface area (Å²) in [4.78, 5) is 23.0. The van der Waals surface area contributed by atoms with Gasteiger partial charge in [0.25, 0.3) is 0 Å². The first-order valence-electron chi connectivity index (χ1n) is 6.30. The molecule has 0 aromatic carbocycles. The number of methoxy groups -OCH3 is 1. The predicted molar refractivity (Wildman–Crippen MR) is 66.3 cm³/mol. The van der Waals surface area contributed by atoms with Crippen molar-refractivity contribution in [3.63, 3.8) is 0 Å². The van der Waals surface area contributed by atoms with E-state index in [2.05, 4.69) is 10.6 Å². The predicted octanol–water partition coefficient (Wildman–Crippen LogP) is -0.0180. The van der Waals surface area contributed by atoms with Crippen molar-refractivity contribution >= 4 is 11.9 Å². The van der Waals surface area contributed by atoms with Crippen LogP contribution in [-0.4, -0.2) is 49.8 Å². The lowest BCUT2D eigenvalue weighted by Gasteiger charge is -2.27. The molecule has 1 fully saturated rings. The van der Waals surface area contributed by atoms with Gasteiger partial charge in [-0.05, 0) is 19.4 Å². The van der Waals surface area contributed by atoms with Gasteiger partial charge in [-0.25, -0.2) is 4.79 Å². The molecule has 1 rings (SSSR count). The highest BCUT2D eigenvalue weighted by molar-refractivity contribution is 5.84. The highest BCUT2D eigenvalue weighted by Crippen LogP contribution is 2.31. The van der Waals surface area contributed by atoms with Crippen molar-refractivity contribution in [2.75, 3.05) is 26.7 Å². The van der Waals surface area contributed by atoms with E-state index in [1.165, 1.54) is 7.11 Å². The fraction of sp³-hybridized carbons (Fsp3) is 0.833. The van der Waals surface area contributed by atoms with Crippen molar-refractivity contribution in [3.8, 4) is 0 Å². The van der Waals surface area contributed by atoms with E-state index in [0.29, 0.717) is 6.54 Å². The summed E-state index contributed by atoms with van der Waals surface area (Å²) in [5.41, 5.74) is -0.383. The van der Waals surface area contributed by atoms with Crippen LogP contribution >= 0.6 is 0 Å². The number of ether oxygens (including phenoxy) is 1. The molecule has 18 heavy (non-hydrogen) atoms. The second-order valence-corrected chi connectivity index (χ2v) is 4.73. The van der Waals surface area contributed by atoms with Gasteiger partial charge in [0.2, 0.25) is 5.91 Å². The van der Waals surface area contributed by atoms with E-state index >= 15 is 0 Å². The molecule has 0 aliphatic carbocycles. The second kappa shape index (κ2) is 6.70. The molecule has 6 nitrogen and oxygen atoms in total. The Hall–Kier alpha value is -1.14. The van der Waals surface area contributed by atoms with E-state index in [1.54, 1.807) is 0 Å². The zero-order valence-corrected chi connectivity index (χ0v) is 11.0. The summed E-state index contributed by atoms with van der Waals surface area (Å²) in [6, 6.07) is 0. The topological polar surface area (TPSA) is 87.7 Å². The molecular weight excluding hydrogens is 236 g/mol. The fourth-order valence-electron chi connectivity index (χ4n) is 2.39. The Kier molecular flexibility index (Phi) is 5.55. The second-order valence-electron chi connectivity index (χ2n) is 4.73. The molecule has 0 radical (unpaired) electrons. The molecule has 1 amide bonds. The van der Waals surface area contributed by atoms with Crippen LogP contribution in [0, 0.1) is 5.41 Å². The number of nitrogens with one attached hydrogen (secondary N) is 2. The van der Waals surface area contributed by atoms with Gasteiger partial charge in [-0.15, -0.1) is 0 Å². The maximum atomic E-state index is 12.2. The Balaban J connectivity index is 2.54. The lowest BCUT2D eigenvalue weighted by molar-refractivity contribution is -0.148. The molecule has 3 N–H and O–H groups in total. The molecule has 6 heteroatoms. The molecular formula is C12H22N2O4. The molecule has 1 aliphatic rings. The van der Waals surface area contributed by atoms with Crippen LogP contribution in [0.25, 0.3) is 0 Å². The number of aliphatic carboxylic acids is 1. The number of rotatable bonds is 7. The quantitative estimate of drug-likeness (QED) is 0.597. The molecule has 2 unspecified atom stereocenters. The van der Waals surface area contributed by atoms with Gasteiger partial charge in [-0.1, -0.05) is 13.3 Å². The third-order valence-corrected chi connectivity index (χ3v) is 3.46. The zero-order chi connectivity index (χ0) is 13.6. The number of hydrogen-bond acceptors (Lipinski definition) is 4. The van der Waals surface area contributed by atoms with E-state index in [1.807, 2.05) is 6.92 Å². The third kappa shape index (κ3) is 3.43. The molecule has 0 spiro atoms. The molecule has 104 valence electrons. The number of carboxylic acid groups (broad SMARTS) is 1. The normalized spacial score (nSPS) is 24.8. The van der Waals surface area contributed by atoms with E-state index in [-0.39, 0.29) is 17.9 Å². The number of carboxylic acids is 1. The third-order valence-electron chi connectivity index (χ3n) is 3.46. The highest BCUT2D eigenvalue weighted by atomic mass is 16.5. The Labute approximate surface area is 107 Å². The maximum absolute atomic E-state index is 12.2. The number of hydrogen-bond donors (Lipinski definition) is 3. The average molecular weight is 258 g/mol. The van der Waals surface area contributed by atoms with Crippen LogP contribution in [0.3, 0.4) is 0 Å². The zero-order valence-electron chi connectivity index (χ0n) is 11.0. The van der Waals surface area contributed by atoms with Crippen molar-refractivity contribution in [2.45, 2.75) is 32.3 Å². The van der Waals surface area contributed by atoms with Crippen LogP contribution in [0.2, 0.25) is 0 Å². The Morgan fingerprint density at radius 1 is 1.56 bits per heavy atom. The van der Waals surface area contributed by atoms with Crippen molar-refractivity contribution in [3.05, 3.63) is 0 Å². The minimum Gasteiger partial charge on any atom is -0.479 e. The maximum Gasteiger partial charge on any atom is 0.334 e. The summed E-state index contributed by atoms with van der Waals surface area (Å²) in [5, 5.41) is 14.7. The smallest absolute Gasteiger partial charge is 0.334 e. The van der Waals surface area contributed by atoms with Gasteiger partial charge in [0.1, 0.15) is 0 Å². The van der Waals surface area contributed by atoms with Crippen LogP contribution in [0.1, 0.15) is 26.2 Å². The van der Waals surface area contributed by atoms with E-state index in [9.17, 15) is 9.59 Å². The largest absolute Gasteiger partial charge is 0.479 e. The summed E-state index contributed by atoms with van der Waals surface area (Å²) < 4.78 is 4.79. The van der Waals surface area contributed by atoms with Crippen molar-refractivity contribution < 1.29 is 19.4 Å². The number of carbonyl (C=O) groups excluding carboxylic acids is 1. The Morgan fingerprint density at radius 2 is 2.28 bits per heavy atom. The first-order valence-corrected chi connectivity index (χ1v) is 6.30. The summed E-state index contributed by atoms with van der Waals surface area (Å²) >= 11 is 0. The van der Waals surface area contributed by atoms with Crippen molar-refractivity contribution in [2.24, 2.45) is 5.41 Å². The molecule has 1 aliphatic heterocycles. The highest BCUT2D eigenvalue weighted by Gasteiger charge is 2.40. The summed E-state index contributed by atoms with van der Waals surface area (Å²) in [6.07, 6.45) is 1.57. The van der Waals surface area contributed by atoms with Crippen molar-refractivity contribution in [1.29, 1.82) is 0 Å². The number of carbonyl (C=O) groups is 2. The summed E-state index contributed by atoms with van der Waals surface area (Å²) in [6.45, 7) is 3.55. The lowest BCUT2D eigenvalue weighted by Crippen LogP contribution is -2.46. The minimum absolute atomic E-state index is 0.0101. The van der Waals surface area contributed by atoms with Crippen molar-refractivity contribution in [1.82, 2.24) is 10.6 Å². The Bertz CT molecular complexity index is 300. The Morgan fingerprint density at radius 3 is 2.72 bits per heavy atom. The number of amides is 1. The fourth-order valence-corrected chi connectivity index (χ4v) is 2.39. The molecule has 0 aromatic heterocycles. The molecule has 1 heterocycles.